The van der Waals surface area contributed by atoms with Gasteiger partial charge in [-0.3, -0.25) is 14.7 Å². The smallest absolute Gasteiger partial charge is 0.397 e. The number of amides is 3. The number of benzene rings is 2. The summed E-state index contributed by atoms with van der Waals surface area (Å²) >= 11 is 3.15. The molecule has 0 radical (unpaired) electrons. The average molecular weight is 777 g/mol. The Morgan fingerprint density at radius 3 is 2.31 bits per heavy atom. The van der Waals surface area contributed by atoms with Crippen LogP contribution in [0.3, 0.4) is 0 Å². The van der Waals surface area contributed by atoms with Crippen LogP contribution in [-0.4, -0.2) is 118 Å². The van der Waals surface area contributed by atoms with E-state index in [0.717, 1.165) is 57.1 Å². The van der Waals surface area contributed by atoms with Gasteiger partial charge in [-0.2, -0.15) is 13.2 Å². The predicted octanol–water partition coefficient (Wildman–Crippen LogP) is 4.19. The predicted molar refractivity (Wildman–Crippen MR) is 191 cm³/mol. The van der Waals surface area contributed by atoms with E-state index in [1.54, 1.807) is 9.80 Å². The second-order valence-corrected chi connectivity index (χ2v) is 14.7. The fourth-order valence-electron chi connectivity index (χ4n) is 7.43. The highest BCUT2D eigenvalue weighted by Crippen LogP contribution is 2.38. The Morgan fingerprint density at radius 2 is 1.63 bits per heavy atom. The number of carbonyl (C=O) groups is 2. The van der Waals surface area contributed by atoms with Gasteiger partial charge in [0.1, 0.15) is 6.04 Å². The summed E-state index contributed by atoms with van der Waals surface area (Å²) in [6.45, 7) is 5.64. The molecule has 276 valence electrons. The number of alkyl halides is 3. The van der Waals surface area contributed by atoms with Crippen molar-refractivity contribution in [3.8, 4) is 11.4 Å². The van der Waals surface area contributed by atoms with Crippen LogP contribution in [0.5, 0.6) is 0 Å². The van der Waals surface area contributed by atoms with Crippen molar-refractivity contribution in [1.29, 1.82) is 0 Å². The highest BCUT2D eigenvalue weighted by molar-refractivity contribution is 9.10. The number of H-pyrrole nitrogens is 1. The Hall–Kier alpha value is -3.89. The highest BCUT2D eigenvalue weighted by Gasteiger charge is 2.37. The van der Waals surface area contributed by atoms with E-state index in [-0.39, 0.29) is 34.1 Å². The van der Waals surface area contributed by atoms with Gasteiger partial charge in [0.05, 0.1) is 17.3 Å². The second-order valence-electron chi connectivity index (χ2n) is 13.8. The van der Waals surface area contributed by atoms with Crippen molar-refractivity contribution in [3.05, 3.63) is 68.5 Å². The van der Waals surface area contributed by atoms with E-state index in [1.807, 2.05) is 30.3 Å². The van der Waals surface area contributed by atoms with Gasteiger partial charge >= 0.3 is 17.9 Å². The lowest BCUT2D eigenvalue weighted by atomic mass is 9.98. The normalized spacial score (nSPS) is 19.5. The molecule has 3 aromatic rings. The number of rotatable bonds is 7. The van der Waals surface area contributed by atoms with Crippen LogP contribution in [-0.2, 0) is 17.4 Å². The van der Waals surface area contributed by atoms with Crippen molar-refractivity contribution >= 4 is 33.6 Å². The maximum Gasteiger partial charge on any atom is 0.418 e. The molecule has 1 aromatic heterocycles. The number of halogens is 4. The molecule has 3 saturated heterocycles. The molecular weight excluding hydrogens is 731 g/mol. The molecule has 3 aliphatic heterocycles. The third-order valence-electron chi connectivity index (χ3n) is 10.4. The third kappa shape index (κ3) is 8.78. The molecule has 4 heterocycles. The number of likely N-dealkylation sites (tertiary alicyclic amines) is 2. The minimum absolute atomic E-state index is 0.0693. The number of carbonyl (C=O) groups excluding carboxylic acids is 2. The molecule has 51 heavy (non-hydrogen) atoms. The summed E-state index contributed by atoms with van der Waals surface area (Å²) in [5.74, 6) is 0.137. The number of nitrogens with two attached hydrogens (primary N) is 1. The van der Waals surface area contributed by atoms with E-state index in [2.05, 4.69) is 48.2 Å². The first-order chi connectivity index (χ1) is 24.4. The van der Waals surface area contributed by atoms with Crippen molar-refractivity contribution < 1.29 is 22.8 Å². The molecule has 6 rings (SSSR count). The molecule has 0 aliphatic carbocycles. The molecular formula is C35H45BrF3N9O3. The van der Waals surface area contributed by atoms with E-state index >= 15 is 0 Å². The minimum Gasteiger partial charge on any atom is -0.397 e. The van der Waals surface area contributed by atoms with Crippen molar-refractivity contribution in [2.75, 3.05) is 65.1 Å². The van der Waals surface area contributed by atoms with Crippen LogP contribution in [0.4, 0.5) is 23.7 Å². The van der Waals surface area contributed by atoms with Gasteiger partial charge in [-0.15, -0.1) is 5.10 Å². The van der Waals surface area contributed by atoms with Crippen molar-refractivity contribution in [1.82, 2.24) is 39.7 Å². The highest BCUT2D eigenvalue weighted by atomic mass is 79.9. The Kier molecular flexibility index (Phi) is 11.4. The number of hydrogen-bond acceptors (Lipinski definition) is 7. The lowest BCUT2D eigenvalue weighted by Gasteiger charge is -2.39. The zero-order chi connectivity index (χ0) is 36.3. The number of piperidine rings is 2. The number of aromatic nitrogens is 3. The fraction of sp³-hybridized carbons (Fsp3) is 0.543. The molecule has 16 heteroatoms. The second kappa shape index (κ2) is 15.8. The summed E-state index contributed by atoms with van der Waals surface area (Å²) in [5.41, 5.74) is 4.99. The monoisotopic (exact) mass is 775 g/mol. The number of nitrogens with zero attached hydrogens (tertiary/aromatic N) is 6. The minimum atomic E-state index is -4.70. The first kappa shape index (κ1) is 36.9. The van der Waals surface area contributed by atoms with Gasteiger partial charge in [-0.1, -0.05) is 30.3 Å². The molecule has 0 bridgehead atoms. The lowest BCUT2D eigenvalue weighted by molar-refractivity contribution is -0.137. The summed E-state index contributed by atoms with van der Waals surface area (Å²) in [7, 11) is 2.13. The average Bonchev–Trinajstić information content (AvgIpc) is 3.38. The summed E-state index contributed by atoms with van der Waals surface area (Å²) in [6, 6.07) is 10.3. The van der Waals surface area contributed by atoms with Gasteiger partial charge in [0.25, 0.3) is 0 Å². The van der Waals surface area contributed by atoms with Gasteiger partial charge in [-0.25, -0.2) is 14.3 Å². The fourth-order valence-corrected chi connectivity index (χ4v) is 7.94. The van der Waals surface area contributed by atoms with E-state index in [4.69, 9.17) is 5.73 Å². The number of nitrogen functional groups attached to an aromatic ring is 1. The van der Waals surface area contributed by atoms with Crippen LogP contribution in [0.25, 0.3) is 11.4 Å². The maximum absolute atomic E-state index is 14.1. The van der Waals surface area contributed by atoms with Crippen molar-refractivity contribution in [3.63, 3.8) is 0 Å². The Labute approximate surface area is 303 Å². The van der Waals surface area contributed by atoms with Gasteiger partial charge in [0.2, 0.25) is 5.91 Å². The summed E-state index contributed by atoms with van der Waals surface area (Å²) < 4.78 is 43.1. The van der Waals surface area contributed by atoms with Gasteiger partial charge in [0.15, 0.2) is 5.82 Å². The van der Waals surface area contributed by atoms with E-state index < -0.39 is 29.5 Å². The first-order valence-electron chi connectivity index (χ1n) is 17.5. The van der Waals surface area contributed by atoms with E-state index in [1.165, 1.54) is 10.7 Å². The number of anilines is 1. The summed E-state index contributed by atoms with van der Waals surface area (Å²) in [4.78, 5) is 51.5. The summed E-state index contributed by atoms with van der Waals surface area (Å²) in [6.07, 6.45) is -1.26. The molecule has 2 aromatic carbocycles. The molecule has 0 saturated carbocycles. The standard InChI is InChI=1S/C35H45BrF3N9O3/c1-44-12-5-13-45(19-18-44)25-8-14-46(15-9-25)32(49)29(22-23-20-27(35(37,38)39)30(40)28(36)21-23)41-33(50)47-16-10-26(11-17-47)48-34(51)42-31(43-48)24-6-3-2-4-7-24/h2-4,6-7,20-21,25-26,29H,5,8-19,22,40H2,1H3,(H,41,50)(H,42,43,51)/t29-/m1/s1. The number of aromatic amines is 1. The largest absolute Gasteiger partial charge is 0.418 e. The van der Waals surface area contributed by atoms with Crippen LogP contribution in [0.1, 0.15) is 49.3 Å². The quantitative estimate of drug-likeness (QED) is 0.307. The van der Waals surface area contributed by atoms with Crippen LogP contribution < -0.4 is 16.7 Å². The molecule has 0 unspecified atom stereocenters. The van der Waals surface area contributed by atoms with Crippen molar-refractivity contribution in [2.45, 2.75) is 62.8 Å². The SMILES string of the molecule is CN1CCCN(C2CCN(C(=O)[C@@H](Cc3cc(Br)c(N)c(C(F)(F)F)c3)NC(=O)N3CCC(n4nc(-c5ccccc5)[nH]c4=O)CC3)CC2)CC1. The van der Waals surface area contributed by atoms with Crippen LogP contribution in [0.2, 0.25) is 0 Å². The molecule has 3 fully saturated rings. The molecule has 0 spiro atoms. The molecule has 3 amide bonds. The van der Waals surface area contributed by atoms with Crippen LogP contribution in [0, 0.1) is 0 Å². The molecule has 4 N–H and O–H groups in total. The first-order valence-corrected chi connectivity index (χ1v) is 18.3. The van der Waals surface area contributed by atoms with Crippen LogP contribution in [0.15, 0.2) is 51.7 Å². The Bertz CT molecular complexity index is 1740. The van der Waals surface area contributed by atoms with Crippen molar-refractivity contribution in [2.24, 2.45) is 0 Å². The number of urea groups is 1. The molecule has 3 aliphatic rings. The van der Waals surface area contributed by atoms with E-state index in [9.17, 15) is 27.6 Å². The molecule has 12 nitrogen and oxygen atoms in total. The maximum atomic E-state index is 14.1. The lowest BCUT2D eigenvalue weighted by Crippen LogP contribution is -2.56. The van der Waals surface area contributed by atoms with Gasteiger partial charge < -0.3 is 25.8 Å². The third-order valence-corrected chi connectivity index (χ3v) is 11.0. The Balaban J connectivity index is 1.14. The number of likely N-dealkylation sites (N-methyl/N-ethyl adjacent to an activating group) is 1. The van der Waals surface area contributed by atoms with Gasteiger partial charge in [0, 0.05) is 61.8 Å². The topological polar surface area (TPSA) is 136 Å². The number of nitrogens with one attached hydrogen (secondary N) is 2. The number of hydrogen-bond donors (Lipinski definition) is 3. The van der Waals surface area contributed by atoms with E-state index in [0.29, 0.717) is 50.9 Å². The summed E-state index contributed by atoms with van der Waals surface area (Å²) in [5, 5.41) is 7.37. The zero-order valence-corrected chi connectivity index (χ0v) is 30.3. The van der Waals surface area contributed by atoms with Crippen LogP contribution >= 0.6 is 15.9 Å². The molecule has 1 atom stereocenters. The zero-order valence-electron chi connectivity index (χ0n) is 28.7. The Morgan fingerprint density at radius 1 is 0.961 bits per heavy atom. The van der Waals surface area contributed by atoms with Gasteiger partial charge in [-0.05, 0) is 85.9 Å².